The van der Waals surface area contributed by atoms with Crippen molar-refractivity contribution in [1.82, 2.24) is 15.3 Å². The van der Waals surface area contributed by atoms with E-state index in [1.165, 1.54) is 0 Å². The van der Waals surface area contributed by atoms with E-state index in [4.69, 9.17) is 0 Å². The van der Waals surface area contributed by atoms with Gasteiger partial charge in [0.15, 0.2) is 0 Å². The maximum Gasteiger partial charge on any atom is 0.332 e. The number of nitro groups is 1. The third kappa shape index (κ3) is 3.56. The summed E-state index contributed by atoms with van der Waals surface area (Å²) in [6, 6.07) is -0.0324. The van der Waals surface area contributed by atoms with E-state index in [0.717, 1.165) is 0 Å². The fourth-order valence-electron chi connectivity index (χ4n) is 2.20. The van der Waals surface area contributed by atoms with Crippen LogP contribution in [-0.2, 0) is 4.79 Å². The van der Waals surface area contributed by atoms with Crippen LogP contribution < -0.4 is 16.0 Å². The summed E-state index contributed by atoms with van der Waals surface area (Å²) in [7, 11) is 0. The molecule has 1 aliphatic rings. The molecule has 0 bridgehead atoms. The smallest absolute Gasteiger partial charge is 0.332 e. The molecule has 2 heterocycles. The number of amides is 1. The quantitative estimate of drug-likeness (QED) is 0.524. The summed E-state index contributed by atoms with van der Waals surface area (Å²) in [5.74, 6) is 0.520. The van der Waals surface area contributed by atoms with E-state index in [1.54, 1.807) is 6.92 Å². The van der Waals surface area contributed by atoms with Crippen LogP contribution in [0.1, 0.15) is 25.5 Å². The highest BCUT2D eigenvalue weighted by molar-refractivity contribution is 5.78. The zero-order chi connectivity index (χ0) is 15.4. The lowest BCUT2D eigenvalue weighted by Crippen LogP contribution is -2.32. The number of nitrogens with zero attached hydrogens (tertiary/aromatic N) is 3. The standard InChI is InChI=1S/C12H18N6O3/c1-3-13-12-15-7(2)10(18(20)21)11(17-12)14-6-8-4-5-9(19)16-8/h8H,3-6H2,1-2H3,(H,16,19)(H2,13,14,15,17). The van der Waals surface area contributed by atoms with Crippen molar-refractivity contribution in [1.29, 1.82) is 0 Å². The fraction of sp³-hybridized carbons (Fsp3) is 0.583. The number of aryl methyl sites for hydroxylation is 1. The number of hydrogen-bond donors (Lipinski definition) is 3. The Morgan fingerprint density at radius 2 is 2.19 bits per heavy atom. The molecule has 1 saturated heterocycles. The normalized spacial score (nSPS) is 17.4. The van der Waals surface area contributed by atoms with Crippen molar-refractivity contribution in [2.24, 2.45) is 0 Å². The van der Waals surface area contributed by atoms with Gasteiger partial charge in [0.1, 0.15) is 5.69 Å². The van der Waals surface area contributed by atoms with Crippen molar-refractivity contribution in [3.63, 3.8) is 0 Å². The second-order valence-corrected chi connectivity index (χ2v) is 4.80. The van der Waals surface area contributed by atoms with Gasteiger partial charge in [0.25, 0.3) is 0 Å². The summed E-state index contributed by atoms with van der Waals surface area (Å²) >= 11 is 0. The Kier molecular flexibility index (Phi) is 4.51. The van der Waals surface area contributed by atoms with E-state index in [9.17, 15) is 14.9 Å². The topological polar surface area (TPSA) is 122 Å². The van der Waals surface area contributed by atoms with Gasteiger partial charge in [0.2, 0.25) is 17.7 Å². The maximum absolute atomic E-state index is 11.2. The predicted octanol–water partition coefficient (Wildman–Crippen LogP) is 0.816. The van der Waals surface area contributed by atoms with Crippen molar-refractivity contribution in [3.8, 4) is 0 Å². The van der Waals surface area contributed by atoms with Gasteiger partial charge in [-0.1, -0.05) is 0 Å². The third-order valence-corrected chi connectivity index (χ3v) is 3.18. The predicted molar refractivity (Wildman–Crippen MR) is 77.2 cm³/mol. The largest absolute Gasteiger partial charge is 0.362 e. The van der Waals surface area contributed by atoms with Gasteiger partial charge in [0, 0.05) is 25.6 Å². The summed E-state index contributed by atoms with van der Waals surface area (Å²) in [5, 5.41) is 19.8. The minimum Gasteiger partial charge on any atom is -0.362 e. The average molecular weight is 294 g/mol. The van der Waals surface area contributed by atoms with Gasteiger partial charge in [0.05, 0.1) is 4.92 Å². The van der Waals surface area contributed by atoms with Gasteiger partial charge < -0.3 is 16.0 Å². The molecule has 0 saturated carbocycles. The van der Waals surface area contributed by atoms with Crippen LogP contribution in [0.2, 0.25) is 0 Å². The molecular formula is C12H18N6O3. The first kappa shape index (κ1) is 14.9. The van der Waals surface area contributed by atoms with Gasteiger partial charge in [-0.05, 0) is 20.3 Å². The Hall–Kier alpha value is -2.45. The van der Waals surface area contributed by atoms with Gasteiger partial charge in [-0.2, -0.15) is 4.98 Å². The van der Waals surface area contributed by atoms with Crippen LogP contribution >= 0.6 is 0 Å². The number of nitrogens with one attached hydrogen (secondary N) is 3. The van der Waals surface area contributed by atoms with Crippen molar-refractivity contribution < 1.29 is 9.72 Å². The highest BCUT2D eigenvalue weighted by Crippen LogP contribution is 2.26. The first-order valence-electron chi connectivity index (χ1n) is 6.81. The van der Waals surface area contributed by atoms with Gasteiger partial charge >= 0.3 is 5.69 Å². The lowest BCUT2D eigenvalue weighted by molar-refractivity contribution is -0.385. The van der Waals surface area contributed by atoms with E-state index in [2.05, 4.69) is 25.9 Å². The summed E-state index contributed by atoms with van der Waals surface area (Å²) in [4.78, 5) is 30.0. The second kappa shape index (κ2) is 6.33. The molecule has 2 rings (SSSR count). The highest BCUT2D eigenvalue weighted by atomic mass is 16.6. The van der Waals surface area contributed by atoms with Gasteiger partial charge in [-0.3, -0.25) is 14.9 Å². The molecule has 114 valence electrons. The van der Waals surface area contributed by atoms with Crippen LogP contribution in [-0.4, -0.2) is 39.9 Å². The third-order valence-electron chi connectivity index (χ3n) is 3.18. The van der Waals surface area contributed by atoms with Crippen LogP contribution in [0.3, 0.4) is 0 Å². The molecule has 21 heavy (non-hydrogen) atoms. The van der Waals surface area contributed by atoms with E-state index in [-0.39, 0.29) is 23.5 Å². The SMILES string of the molecule is CCNc1nc(C)c([N+](=O)[O-])c(NCC2CCC(=O)N2)n1. The van der Waals surface area contributed by atoms with Crippen LogP contribution in [0.15, 0.2) is 0 Å². The highest BCUT2D eigenvalue weighted by Gasteiger charge is 2.25. The molecule has 1 atom stereocenters. The molecule has 0 aromatic carbocycles. The van der Waals surface area contributed by atoms with Crippen LogP contribution in [0, 0.1) is 17.0 Å². The zero-order valence-corrected chi connectivity index (χ0v) is 12.0. The molecule has 1 aliphatic heterocycles. The summed E-state index contributed by atoms with van der Waals surface area (Å²) in [6.45, 7) is 4.48. The van der Waals surface area contributed by atoms with Crippen molar-refractivity contribution in [2.45, 2.75) is 32.7 Å². The molecule has 1 unspecified atom stereocenters. The Bertz CT molecular complexity index is 562. The van der Waals surface area contributed by atoms with Gasteiger partial charge in [-0.15, -0.1) is 0 Å². The first-order chi connectivity index (χ1) is 10.0. The average Bonchev–Trinajstić information content (AvgIpc) is 2.81. The van der Waals surface area contributed by atoms with E-state index in [1.807, 2.05) is 6.92 Å². The van der Waals surface area contributed by atoms with Crippen LogP contribution in [0.5, 0.6) is 0 Å². The molecule has 1 aromatic heterocycles. The van der Waals surface area contributed by atoms with E-state index < -0.39 is 4.92 Å². The van der Waals surface area contributed by atoms with Crippen molar-refractivity contribution in [3.05, 3.63) is 15.8 Å². The molecule has 9 heteroatoms. The Morgan fingerprint density at radius 3 is 2.76 bits per heavy atom. The molecular weight excluding hydrogens is 276 g/mol. The summed E-state index contributed by atoms with van der Waals surface area (Å²) in [5.41, 5.74) is 0.157. The van der Waals surface area contributed by atoms with Crippen molar-refractivity contribution >= 4 is 23.4 Å². The molecule has 1 amide bonds. The Balaban J connectivity index is 2.18. The van der Waals surface area contributed by atoms with Crippen LogP contribution in [0.25, 0.3) is 0 Å². The fourth-order valence-corrected chi connectivity index (χ4v) is 2.20. The molecule has 0 spiro atoms. The molecule has 0 aliphatic carbocycles. The lowest BCUT2D eigenvalue weighted by atomic mass is 10.2. The van der Waals surface area contributed by atoms with E-state index in [0.29, 0.717) is 37.6 Å². The minimum absolute atomic E-state index is 0.00325. The summed E-state index contributed by atoms with van der Waals surface area (Å²) < 4.78 is 0. The number of rotatable bonds is 6. The number of anilines is 2. The molecule has 9 nitrogen and oxygen atoms in total. The number of aromatic nitrogens is 2. The maximum atomic E-state index is 11.2. The molecule has 1 aromatic rings. The minimum atomic E-state index is -0.499. The number of carbonyl (C=O) groups is 1. The zero-order valence-electron chi connectivity index (χ0n) is 12.0. The van der Waals surface area contributed by atoms with E-state index >= 15 is 0 Å². The monoisotopic (exact) mass is 294 g/mol. The van der Waals surface area contributed by atoms with Gasteiger partial charge in [-0.25, -0.2) is 4.98 Å². The van der Waals surface area contributed by atoms with Crippen LogP contribution in [0.4, 0.5) is 17.5 Å². The van der Waals surface area contributed by atoms with Crippen molar-refractivity contribution in [2.75, 3.05) is 23.7 Å². The lowest BCUT2D eigenvalue weighted by Gasteiger charge is -2.13. The number of carbonyl (C=O) groups excluding carboxylic acids is 1. The Morgan fingerprint density at radius 1 is 1.43 bits per heavy atom. The second-order valence-electron chi connectivity index (χ2n) is 4.80. The molecule has 0 radical (unpaired) electrons. The Labute approximate surface area is 121 Å². The number of hydrogen-bond acceptors (Lipinski definition) is 7. The molecule has 3 N–H and O–H groups in total. The first-order valence-corrected chi connectivity index (χ1v) is 6.81. The summed E-state index contributed by atoms with van der Waals surface area (Å²) in [6.07, 6.45) is 1.20. The molecule has 1 fully saturated rings.